The molecule has 13 heavy (non-hydrogen) atoms. The number of hydrogen-bond acceptors (Lipinski definition) is 3. The van der Waals surface area contributed by atoms with Crippen LogP contribution in [0.4, 0.5) is 0 Å². The highest BCUT2D eigenvalue weighted by Crippen LogP contribution is 2.10. The van der Waals surface area contributed by atoms with Gasteiger partial charge in [-0.2, -0.15) is 11.8 Å². The van der Waals surface area contributed by atoms with E-state index in [9.17, 15) is 9.59 Å². The fraction of sp³-hybridized carbons (Fsp3) is 0.778. The average Bonchev–Trinajstić information content (AvgIpc) is 1.96. The van der Waals surface area contributed by atoms with Gasteiger partial charge in [0.1, 0.15) is 0 Å². The van der Waals surface area contributed by atoms with Crippen LogP contribution in [0.1, 0.15) is 27.7 Å². The number of carbonyl (C=O) groups excluding carboxylic acids is 2. The summed E-state index contributed by atoms with van der Waals surface area (Å²) < 4.78 is 0. The number of amides is 1. The first-order valence-electron chi connectivity index (χ1n) is 4.32. The van der Waals surface area contributed by atoms with Gasteiger partial charge in [-0.15, -0.1) is 0 Å². The lowest BCUT2D eigenvalue weighted by Gasteiger charge is -2.15. The van der Waals surface area contributed by atoms with Crippen LogP contribution in [0.15, 0.2) is 0 Å². The fourth-order valence-corrected chi connectivity index (χ4v) is 1.69. The second kappa shape index (κ2) is 6.02. The van der Waals surface area contributed by atoms with E-state index in [1.54, 1.807) is 11.8 Å². The van der Waals surface area contributed by atoms with Gasteiger partial charge in [-0.25, -0.2) is 0 Å². The highest BCUT2D eigenvalue weighted by Gasteiger charge is 2.15. The van der Waals surface area contributed by atoms with E-state index in [2.05, 4.69) is 19.2 Å². The largest absolute Gasteiger partial charge is 0.346 e. The minimum atomic E-state index is -0.329. The number of rotatable bonds is 5. The van der Waals surface area contributed by atoms with Crippen LogP contribution < -0.4 is 5.32 Å². The van der Waals surface area contributed by atoms with Crippen molar-refractivity contribution < 1.29 is 9.59 Å². The molecule has 4 heteroatoms. The molecule has 0 aromatic heterocycles. The minimum Gasteiger partial charge on any atom is -0.346 e. The smallest absolute Gasteiger partial charge is 0.217 e. The average molecular weight is 203 g/mol. The summed E-state index contributed by atoms with van der Waals surface area (Å²) in [5.74, 6) is 0.528. The molecule has 0 aliphatic rings. The molecule has 0 heterocycles. The van der Waals surface area contributed by atoms with Crippen LogP contribution in [0.5, 0.6) is 0 Å². The molecule has 0 aliphatic carbocycles. The summed E-state index contributed by atoms with van der Waals surface area (Å²) in [4.78, 5) is 21.8. The standard InChI is InChI=1S/C9H17NO2S/c1-6(2)13-5-9(7(3)11)10-8(4)12/h6,9H,5H2,1-4H3,(H,10,12)/t9-/m0/s1. The third-order valence-corrected chi connectivity index (χ3v) is 2.66. The third-order valence-electron chi connectivity index (χ3n) is 1.46. The highest BCUT2D eigenvalue weighted by atomic mass is 32.2. The molecule has 0 spiro atoms. The van der Waals surface area contributed by atoms with Crippen LogP contribution in [-0.4, -0.2) is 28.7 Å². The Balaban J connectivity index is 3.95. The molecule has 0 fully saturated rings. The summed E-state index contributed by atoms with van der Waals surface area (Å²) in [6, 6.07) is -0.329. The van der Waals surface area contributed by atoms with Gasteiger partial charge in [0.2, 0.25) is 5.91 Å². The van der Waals surface area contributed by atoms with Gasteiger partial charge in [0.05, 0.1) is 6.04 Å². The zero-order valence-corrected chi connectivity index (χ0v) is 9.40. The first-order valence-corrected chi connectivity index (χ1v) is 5.37. The van der Waals surface area contributed by atoms with Crippen LogP contribution in [0.2, 0.25) is 0 Å². The van der Waals surface area contributed by atoms with Gasteiger partial charge >= 0.3 is 0 Å². The lowest BCUT2D eigenvalue weighted by molar-refractivity contribution is -0.125. The number of nitrogens with one attached hydrogen (secondary N) is 1. The lowest BCUT2D eigenvalue weighted by atomic mass is 10.2. The van der Waals surface area contributed by atoms with E-state index < -0.39 is 0 Å². The third kappa shape index (κ3) is 6.63. The van der Waals surface area contributed by atoms with Gasteiger partial charge in [0.25, 0.3) is 0 Å². The van der Waals surface area contributed by atoms with E-state index in [1.165, 1.54) is 13.8 Å². The summed E-state index contributed by atoms with van der Waals surface area (Å²) >= 11 is 1.67. The second-order valence-corrected chi connectivity index (χ2v) is 4.86. The molecule has 0 unspecified atom stereocenters. The quantitative estimate of drug-likeness (QED) is 0.731. The molecule has 0 aromatic rings. The van der Waals surface area contributed by atoms with Crippen molar-refractivity contribution in [3.63, 3.8) is 0 Å². The van der Waals surface area contributed by atoms with Gasteiger partial charge in [0.15, 0.2) is 5.78 Å². The SMILES string of the molecule is CC(=O)N[C@@H](CSC(C)C)C(C)=O. The van der Waals surface area contributed by atoms with Crippen molar-refractivity contribution >= 4 is 23.5 Å². The summed E-state index contributed by atoms with van der Waals surface area (Å²) in [5.41, 5.74) is 0. The van der Waals surface area contributed by atoms with Crippen LogP contribution in [0, 0.1) is 0 Å². The number of carbonyl (C=O) groups is 2. The zero-order valence-electron chi connectivity index (χ0n) is 8.59. The maximum absolute atomic E-state index is 11.1. The van der Waals surface area contributed by atoms with Gasteiger partial charge < -0.3 is 5.32 Å². The Morgan fingerprint density at radius 1 is 1.31 bits per heavy atom. The van der Waals surface area contributed by atoms with Gasteiger partial charge in [0, 0.05) is 12.7 Å². The number of hydrogen-bond donors (Lipinski definition) is 1. The Hall–Kier alpha value is -0.510. The molecule has 0 rings (SSSR count). The highest BCUT2D eigenvalue weighted by molar-refractivity contribution is 7.99. The monoisotopic (exact) mass is 203 g/mol. The van der Waals surface area contributed by atoms with E-state index in [1.807, 2.05) is 0 Å². The summed E-state index contributed by atoms with van der Waals surface area (Å²) in [5, 5.41) is 3.11. The fourth-order valence-electron chi connectivity index (χ4n) is 0.795. The molecule has 0 aromatic carbocycles. The van der Waals surface area contributed by atoms with E-state index in [4.69, 9.17) is 0 Å². The van der Waals surface area contributed by atoms with Gasteiger partial charge in [-0.1, -0.05) is 13.8 Å². The summed E-state index contributed by atoms with van der Waals surface area (Å²) in [7, 11) is 0. The molecule has 0 saturated heterocycles. The van der Waals surface area contributed by atoms with Crippen LogP contribution in [-0.2, 0) is 9.59 Å². The van der Waals surface area contributed by atoms with E-state index in [0.717, 1.165) is 0 Å². The van der Waals surface area contributed by atoms with E-state index >= 15 is 0 Å². The molecular formula is C9H17NO2S. The van der Waals surface area contributed by atoms with Crippen LogP contribution in [0.25, 0.3) is 0 Å². The molecule has 1 atom stereocenters. The minimum absolute atomic E-state index is 0.0170. The van der Waals surface area contributed by atoms with Gasteiger partial charge in [-0.3, -0.25) is 9.59 Å². The molecule has 1 amide bonds. The number of ketones is 1. The molecule has 0 aliphatic heterocycles. The first kappa shape index (κ1) is 12.5. The van der Waals surface area contributed by atoms with Crippen LogP contribution in [0.3, 0.4) is 0 Å². The Morgan fingerprint density at radius 2 is 1.85 bits per heavy atom. The van der Waals surface area contributed by atoms with Crippen molar-refractivity contribution in [2.45, 2.75) is 39.0 Å². The Kier molecular flexibility index (Phi) is 5.79. The molecule has 1 N–H and O–H groups in total. The summed E-state index contributed by atoms with van der Waals surface area (Å²) in [6.45, 7) is 7.06. The maximum Gasteiger partial charge on any atom is 0.217 e. The number of Topliss-reactive ketones (excluding diaryl/α,β-unsaturated/α-hetero) is 1. The predicted molar refractivity (Wildman–Crippen MR) is 55.9 cm³/mol. The molecule has 76 valence electrons. The van der Waals surface area contributed by atoms with Crippen molar-refractivity contribution in [2.75, 3.05) is 5.75 Å². The molecule has 3 nitrogen and oxygen atoms in total. The Bertz CT molecular complexity index is 192. The molecule has 0 bridgehead atoms. The molecule has 0 saturated carbocycles. The molecule has 0 radical (unpaired) electrons. The normalized spacial score (nSPS) is 12.7. The van der Waals surface area contributed by atoms with Crippen LogP contribution >= 0.6 is 11.8 Å². The van der Waals surface area contributed by atoms with E-state index in [-0.39, 0.29) is 17.7 Å². The Labute approximate surface area is 83.7 Å². The van der Waals surface area contributed by atoms with Crippen molar-refractivity contribution in [1.82, 2.24) is 5.32 Å². The first-order chi connectivity index (χ1) is 5.93. The second-order valence-electron chi connectivity index (χ2n) is 3.25. The molecular weight excluding hydrogens is 186 g/mol. The predicted octanol–water partition coefficient (Wildman–Crippen LogP) is 1.22. The van der Waals surface area contributed by atoms with Crippen molar-refractivity contribution in [1.29, 1.82) is 0 Å². The topological polar surface area (TPSA) is 46.2 Å². The zero-order chi connectivity index (χ0) is 10.4. The van der Waals surface area contributed by atoms with Crippen molar-refractivity contribution in [2.24, 2.45) is 0 Å². The van der Waals surface area contributed by atoms with Crippen molar-refractivity contribution in [3.05, 3.63) is 0 Å². The number of thioether (sulfide) groups is 1. The van der Waals surface area contributed by atoms with Gasteiger partial charge in [-0.05, 0) is 12.2 Å². The lowest BCUT2D eigenvalue weighted by Crippen LogP contribution is -2.40. The van der Waals surface area contributed by atoms with E-state index in [0.29, 0.717) is 11.0 Å². The summed E-state index contributed by atoms with van der Waals surface area (Å²) in [6.07, 6.45) is 0. The maximum atomic E-state index is 11.1. The Morgan fingerprint density at radius 3 is 2.15 bits per heavy atom. The van der Waals surface area contributed by atoms with Crippen molar-refractivity contribution in [3.8, 4) is 0 Å².